The lowest BCUT2D eigenvalue weighted by Crippen LogP contribution is -2.55. The molecule has 0 aliphatic carbocycles. The molecule has 0 unspecified atom stereocenters. The number of para-hydroxylation sites is 1. The molecule has 0 bridgehead atoms. The molecule has 38 heavy (non-hydrogen) atoms. The van der Waals surface area contributed by atoms with E-state index in [1.165, 1.54) is 7.11 Å². The topological polar surface area (TPSA) is 116 Å². The van der Waals surface area contributed by atoms with Crippen LogP contribution >= 0.6 is 0 Å². The van der Waals surface area contributed by atoms with Crippen molar-refractivity contribution in [2.75, 3.05) is 20.2 Å². The highest BCUT2D eigenvalue weighted by Crippen LogP contribution is 2.28. The molecule has 10 heteroatoms. The number of ether oxygens (including phenoxy) is 2. The zero-order valence-corrected chi connectivity index (χ0v) is 21.4. The van der Waals surface area contributed by atoms with Gasteiger partial charge < -0.3 is 14.4 Å². The molecular formula is C28H25N3O6S. The van der Waals surface area contributed by atoms with Gasteiger partial charge in [-0.25, -0.2) is 8.42 Å². The summed E-state index contributed by atoms with van der Waals surface area (Å²) < 4.78 is 37.3. The number of benzene rings is 2. The number of fused-ring (bicyclic) bond motifs is 1. The molecule has 2 aromatic heterocycles. The van der Waals surface area contributed by atoms with Gasteiger partial charge in [0.2, 0.25) is 0 Å². The zero-order valence-electron chi connectivity index (χ0n) is 20.6. The minimum Gasteiger partial charge on any atom is -0.496 e. The summed E-state index contributed by atoms with van der Waals surface area (Å²) in [6.07, 6.45) is 2.85. The van der Waals surface area contributed by atoms with Gasteiger partial charge in [0.25, 0.3) is 5.91 Å². The van der Waals surface area contributed by atoms with Gasteiger partial charge in [0.1, 0.15) is 11.9 Å². The Hall–Kier alpha value is -4.31. The number of esters is 1. The van der Waals surface area contributed by atoms with Crippen molar-refractivity contribution in [1.29, 1.82) is 0 Å². The molecule has 1 aliphatic rings. The summed E-state index contributed by atoms with van der Waals surface area (Å²) in [5.74, 6) is -0.683. The van der Waals surface area contributed by atoms with Gasteiger partial charge in [-0.2, -0.15) is 0 Å². The van der Waals surface area contributed by atoms with E-state index in [-0.39, 0.29) is 47.9 Å². The van der Waals surface area contributed by atoms with Gasteiger partial charge in [0, 0.05) is 17.8 Å². The first-order valence-corrected chi connectivity index (χ1v) is 13.6. The fraction of sp³-hybridized carbons (Fsp3) is 0.214. The molecule has 1 fully saturated rings. The zero-order chi connectivity index (χ0) is 26.7. The maximum Gasteiger partial charge on any atom is 0.312 e. The van der Waals surface area contributed by atoms with Crippen LogP contribution in [-0.2, 0) is 31.5 Å². The maximum atomic E-state index is 13.2. The van der Waals surface area contributed by atoms with E-state index in [2.05, 4.69) is 9.97 Å². The number of methoxy groups -OCH3 is 1. The number of nitrogens with zero attached hydrogens (tertiary/aromatic N) is 3. The third-order valence-corrected chi connectivity index (χ3v) is 7.98. The Balaban J connectivity index is 1.24. The molecule has 1 amide bonds. The van der Waals surface area contributed by atoms with Gasteiger partial charge in [0.05, 0.1) is 54.0 Å². The number of hydrogen-bond donors (Lipinski definition) is 0. The molecule has 0 radical (unpaired) electrons. The first-order valence-electron chi connectivity index (χ1n) is 12.0. The number of sulfone groups is 1. The number of amides is 1. The van der Waals surface area contributed by atoms with Crippen LogP contribution in [0.15, 0.2) is 84.0 Å². The van der Waals surface area contributed by atoms with Crippen LogP contribution < -0.4 is 4.74 Å². The van der Waals surface area contributed by atoms with Crippen molar-refractivity contribution in [3.05, 3.63) is 95.9 Å². The van der Waals surface area contributed by atoms with Crippen molar-refractivity contribution in [2.24, 2.45) is 0 Å². The lowest BCUT2D eigenvalue weighted by Gasteiger charge is -2.38. The summed E-state index contributed by atoms with van der Waals surface area (Å²) in [5.41, 5.74) is 1.82. The van der Waals surface area contributed by atoms with Crippen LogP contribution in [-0.4, -0.2) is 61.5 Å². The van der Waals surface area contributed by atoms with Crippen LogP contribution in [0.5, 0.6) is 5.75 Å². The molecule has 3 heterocycles. The number of hydrogen-bond acceptors (Lipinski definition) is 8. The summed E-state index contributed by atoms with van der Waals surface area (Å²) in [4.78, 5) is 35.3. The van der Waals surface area contributed by atoms with E-state index in [0.717, 1.165) is 5.39 Å². The third-order valence-electron chi connectivity index (χ3n) is 6.27. The first-order chi connectivity index (χ1) is 18.3. The Morgan fingerprint density at radius 3 is 2.53 bits per heavy atom. The third kappa shape index (κ3) is 5.35. The van der Waals surface area contributed by atoms with E-state index in [9.17, 15) is 18.0 Å². The Morgan fingerprint density at radius 1 is 0.974 bits per heavy atom. The van der Waals surface area contributed by atoms with Gasteiger partial charge >= 0.3 is 5.97 Å². The maximum absolute atomic E-state index is 13.2. The summed E-state index contributed by atoms with van der Waals surface area (Å²) >= 11 is 0. The monoisotopic (exact) mass is 531 g/mol. The van der Waals surface area contributed by atoms with Gasteiger partial charge in [-0.05, 0) is 42.0 Å². The van der Waals surface area contributed by atoms with E-state index < -0.39 is 15.8 Å². The molecule has 1 saturated heterocycles. The van der Waals surface area contributed by atoms with Gasteiger partial charge in [0.15, 0.2) is 9.84 Å². The van der Waals surface area contributed by atoms with Crippen LogP contribution in [0.4, 0.5) is 0 Å². The van der Waals surface area contributed by atoms with E-state index in [1.807, 2.05) is 12.1 Å². The second kappa shape index (κ2) is 10.6. The molecule has 0 atom stereocenters. The molecule has 9 nitrogen and oxygen atoms in total. The van der Waals surface area contributed by atoms with Crippen LogP contribution in [0.2, 0.25) is 0 Å². The molecule has 194 valence electrons. The Labute approximate surface area is 220 Å². The van der Waals surface area contributed by atoms with Crippen molar-refractivity contribution in [1.82, 2.24) is 14.9 Å². The molecule has 0 spiro atoms. The fourth-order valence-electron chi connectivity index (χ4n) is 4.35. The average Bonchev–Trinajstić information content (AvgIpc) is 2.90. The Bertz CT molecular complexity index is 1600. The Morgan fingerprint density at radius 2 is 1.76 bits per heavy atom. The number of aromatic nitrogens is 2. The number of carbonyl (C=O) groups excluding carboxylic acids is 2. The highest BCUT2D eigenvalue weighted by molar-refractivity contribution is 7.90. The highest BCUT2D eigenvalue weighted by Gasteiger charge is 2.35. The number of carbonyl (C=O) groups is 2. The second-order valence-electron chi connectivity index (χ2n) is 8.94. The van der Waals surface area contributed by atoms with Gasteiger partial charge in [-0.15, -0.1) is 0 Å². The molecule has 0 N–H and O–H groups in total. The van der Waals surface area contributed by atoms with Crippen molar-refractivity contribution in [3.8, 4) is 5.75 Å². The van der Waals surface area contributed by atoms with Crippen LogP contribution in [0.3, 0.4) is 0 Å². The highest BCUT2D eigenvalue weighted by atomic mass is 32.2. The lowest BCUT2D eigenvalue weighted by atomic mass is 10.1. The molecular weight excluding hydrogens is 506 g/mol. The van der Waals surface area contributed by atoms with Crippen molar-refractivity contribution >= 4 is 32.6 Å². The van der Waals surface area contributed by atoms with Crippen molar-refractivity contribution < 1.29 is 27.5 Å². The summed E-state index contributed by atoms with van der Waals surface area (Å²) in [7, 11) is -2.29. The first kappa shape index (κ1) is 25.3. The van der Waals surface area contributed by atoms with E-state index in [1.54, 1.807) is 71.9 Å². The van der Waals surface area contributed by atoms with Crippen molar-refractivity contribution in [2.45, 2.75) is 23.2 Å². The minimum absolute atomic E-state index is 0.0678. The van der Waals surface area contributed by atoms with Gasteiger partial charge in [-0.3, -0.25) is 19.6 Å². The van der Waals surface area contributed by atoms with Crippen LogP contribution in [0.1, 0.15) is 21.6 Å². The molecule has 5 rings (SSSR count). The fourth-order valence-corrected chi connectivity index (χ4v) is 5.88. The van der Waals surface area contributed by atoms with Crippen LogP contribution in [0.25, 0.3) is 10.9 Å². The minimum atomic E-state index is -3.72. The SMILES string of the molecule is COc1cc(CS(=O)(=O)c2cccc3cccnc23)ccc1C(=O)N1CC(OC(=O)Cc2ccccn2)C1. The number of rotatable bonds is 8. The summed E-state index contributed by atoms with van der Waals surface area (Å²) in [6, 6.07) is 18.7. The standard InChI is InChI=1S/C28H25N3O6S/c1-36-24-14-19(18-38(34,35)25-9-4-6-20-7-5-13-30-27(20)25)10-11-23(24)28(33)31-16-22(17-31)37-26(32)15-21-8-2-3-12-29-21/h2-14,22H,15-18H2,1H3. The van der Waals surface area contributed by atoms with Crippen molar-refractivity contribution in [3.63, 3.8) is 0 Å². The number of likely N-dealkylation sites (tertiary alicyclic amines) is 1. The molecule has 0 saturated carbocycles. The predicted molar refractivity (Wildman–Crippen MR) is 139 cm³/mol. The second-order valence-corrected chi connectivity index (χ2v) is 10.9. The Kier molecular flexibility index (Phi) is 7.06. The number of pyridine rings is 2. The molecule has 2 aromatic carbocycles. The molecule has 4 aromatic rings. The largest absolute Gasteiger partial charge is 0.496 e. The van der Waals surface area contributed by atoms with Crippen LogP contribution in [0, 0.1) is 0 Å². The lowest BCUT2D eigenvalue weighted by molar-refractivity contribution is -0.154. The van der Waals surface area contributed by atoms with E-state index in [4.69, 9.17) is 9.47 Å². The smallest absolute Gasteiger partial charge is 0.312 e. The van der Waals surface area contributed by atoms with Gasteiger partial charge in [-0.1, -0.05) is 30.3 Å². The quantitative estimate of drug-likeness (QED) is 0.318. The van der Waals surface area contributed by atoms with E-state index >= 15 is 0 Å². The molecule has 1 aliphatic heterocycles. The normalized spacial score (nSPS) is 13.7. The average molecular weight is 532 g/mol. The summed E-state index contributed by atoms with van der Waals surface area (Å²) in [5, 5.41) is 0.738. The predicted octanol–water partition coefficient (Wildman–Crippen LogP) is 3.22. The summed E-state index contributed by atoms with van der Waals surface area (Å²) in [6.45, 7) is 0.528. The van der Waals surface area contributed by atoms with E-state index in [0.29, 0.717) is 22.3 Å².